The van der Waals surface area contributed by atoms with Crippen molar-refractivity contribution in [2.45, 2.75) is 58.0 Å². The molecule has 1 fully saturated rings. The van der Waals surface area contributed by atoms with E-state index in [-0.39, 0.29) is 42.7 Å². The van der Waals surface area contributed by atoms with Crippen LogP contribution < -0.4 is 11.1 Å². The Kier molecular flexibility index (Phi) is 9.09. The summed E-state index contributed by atoms with van der Waals surface area (Å²) in [6.07, 6.45) is 3.01. The number of likely N-dealkylation sites (tertiary alicyclic amines) is 1. The molecule has 1 aliphatic rings. The number of nitrogens with one attached hydrogen (secondary N) is 1. The third-order valence-electron chi connectivity index (χ3n) is 5.19. The lowest BCUT2D eigenvalue weighted by atomic mass is 9.87. The summed E-state index contributed by atoms with van der Waals surface area (Å²) >= 11 is 0. The van der Waals surface area contributed by atoms with Gasteiger partial charge in [0.15, 0.2) is 0 Å². The van der Waals surface area contributed by atoms with Crippen LogP contribution in [0.15, 0.2) is 30.3 Å². The van der Waals surface area contributed by atoms with Crippen molar-refractivity contribution in [3.8, 4) is 0 Å². The van der Waals surface area contributed by atoms with Crippen molar-refractivity contribution in [3.63, 3.8) is 0 Å². The van der Waals surface area contributed by atoms with E-state index in [0.29, 0.717) is 5.92 Å². The lowest BCUT2D eigenvalue weighted by molar-refractivity contribution is -0.134. The van der Waals surface area contributed by atoms with Gasteiger partial charge in [-0.2, -0.15) is 0 Å². The third kappa shape index (κ3) is 5.45. The zero-order valence-corrected chi connectivity index (χ0v) is 16.8. The van der Waals surface area contributed by atoms with Crippen molar-refractivity contribution < 1.29 is 9.59 Å². The standard InChI is InChI=1S/C20H31N3O2.ClH/c1-4-16(15-9-6-5-7-10-15)17-11-8-12-23(17)18(24)13-22-20(25)19(21)14(2)3;/h5-7,9-10,14,16-17,19H,4,8,11-13,21H2,1-3H3,(H,22,25);1H/t16?,17?,19-;/m0./s1. The van der Waals surface area contributed by atoms with Crippen LogP contribution in [0.2, 0.25) is 0 Å². The second-order valence-corrected chi connectivity index (χ2v) is 7.21. The van der Waals surface area contributed by atoms with E-state index in [4.69, 9.17) is 5.73 Å². The SMILES string of the molecule is CCC(c1ccccc1)C1CCCN1C(=O)CNC(=O)[C@@H](N)C(C)C.Cl. The first kappa shape index (κ1) is 22.5. The number of hydrogen-bond acceptors (Lipinski definition) is 3. The normalized spacial score (nSPS) is 19.0. The molecular formula is C20H32ClN3O2. The average molecular weight is 382 g/mol. The number of rotatable bonds is 7. The van der Waals surface area contributed by atoms with E-state index in [1.807, 2.05) is 36.9 Å². The molecule has 2 amide bonds. The molecule has 3 N–H and O–H groups in total. The van der Waals surface area contributed by atoms with Crippen LogP contribution in [0.1, 0.15) is 51.5 Å². The Balaban J connectivity index is 0.00000338. The Bertz CT molecular complexity index is 580. The van der Waals surface area contributed by atoms with Gasteiger partial charge < -0.3 is 16.0 Å². The molecule has 0 radical (unpaired) electrons. The zero-order chi connectivity index (χ0) is 18.4. The maximum absolute atomic E-state index is 12.7. The lowest BCUT2D eigenvalue weighted by Gasteiger charge is -2.32. The van der Waals surface area contributed by atoms with Crippen LogP contribution in [0.3, 0.4) is 0 Å². The van der Waals surface area contributed by atoms with Crippen LogP contribution in [0.5, 0.6) is 0 Å². The summed E-state index contributed by atoms with van der Waals surface area (Å²) in [5, 5.41) is 2.70. The minimum absolute atomic E-state index is 0. The van der Waals surface area contributed by atoms with Crippen molar-refractivity contribution in [1.29, 1.82) is 0 Å². The van der Waals surface area contributed by atoms with Gasteiger partial charge in [-0.1, -0.05) is 51.1 Å². The predicted molar refractivity (Wildman–Crippen MR) is 107 cm³/mol. The largest absolute Gasteiger partial charge is 0.346 e. The molecular weight excluding hydrogens is 350 g/mol. The van der Waals surface area contributed by atoms with E-state index in [9.17, 15) is 9.59 Å². The third-order valence-corrected chi connectivity index (χ3v) is 5.19. The number of hydrogen-bond donors (Lipinski definition) is 2. The van der Waals surface area contributed by atoms with Gasteiger partial charge in [0, 0.05) is 18.5 Å². The second kappa shape index (κ2) is 10.5. The second-order valence-electron chi connectivity index (χ2n) is 7.21. The number of nitrogens with two attached hydrogens (primary N) is 1. The lowest BCUT2D eigenvalue weighted by Crippen LogP contribution is -2.49. The fourth-order valence-electron chi connectivity index (χ4n) is 3.64. The Morgan fingerprint density at radius 1 is 1.27 bits per heavy atom. The van der Waals surface area contributed by atoms with Crippen molar-refractivity contribution in [2.24, 2.45) is 11.7 Å². The summed E-state index contributed by atoms with van der Waals surface area (Å²) in [6.45, 7) is 6.75. The van der Waals surface area contributed by atoms with Crippen molar-refractivity contribution >= 4 is 24.2 Å². The Labute approximate surface area is 163 Å². The smallest absolute Gasteiger partial charge is 0.242 e. The summed E-state index contributed by atoms with van der Waals surface area (Å²) in [6, 6.07) is 10.0. The van der Waals surface area contributed by atoms with Crippen molar-refractivity contribution in [3.05, 3.63) is 35.9 Å². The van der Waals surface area contributed by atoms with E-state index in [2.05, 4.69) is 24.4 Å². The van der Waals surface area contributed by atoms with E-state index >= 15 is 0 Å². The molecule has 0 bridgehead atoms. The van der Waals surface area contributed by atoms with Gasteiger partial charge in [0.25, 0.3) is 0 Å². The molecule has 6 heteroatoms. The Hall–Kier alpha value is -1.59. The highest BCUT2D eigenvalue weighted by molar-refractivity contribution is 5.87. The van der Waals surface area contributed by atoms with Crippen LogP contribution >= 0.6 is 12.4 Å². The van der Waals surface area contributed by atoms with Crippen LogP contribution in [-0.4, -0.2) is 41.9 Å². The average Bonchev–Trinajstić information content (AvgIpc) is 3.09. The molecule has 2 rings (SSSR count). The molecule has 1 aromatic rings. The Morgan fingerprint density at radius 2 is 1.92 bits per heavy atom. The molecule has 1 saturated heterocycles. The first-order valence-electron chi connectivity index (χ1n) is 9.33. The van der Waals surface area contributed by atoms with Gasteiger partial charge >= 0.3 is 0 Å². The van der Waals surface area contributed by atoms with E-state index in [0.717, 1.165) is 25.8 Å². The molecule has 26 heavy (non-hydrogen) atoms. The van der Waals surface area contributed by atoms with E-state index in [1.165, 1.54) is 5.56 Å². The minimum Gasteiger partial charge on any atom is -0.346 e. The van der Waals surface area contributed by atoms with Gasteiger partial charge in [0.05, 0.1) is 12.6 Å². The van der Waals surface area contributed by atoms with Gasteiger partial charge in [-0.05, 0) is 30.7 Å². The van der Waals surface area contributed by atoms with Crippen molar-refractivity contribution in [1.82, 2.24) is 10.2 Å². The quantitative estimate of drug-likeness (QED) is 0.762. The molecule has 0 aliphatic carbocycles. The topological polar surface area (TPSA) is 75.4 Å². The Morgan fingerprint density at radius 3 is 2.50 bits per heavy atom. The van der Waals surface area contributed by atoms with Gasteiger partial charge in [0.1, 0.15) is 0 Å². The monoisotopic (exact) mass is 381 g/mol. The van der Waals surface area contributed by atoms with E-state index in [1.54, 1.807) is 0 Å². The summed E-state index contributed by atoms with van der Waals surface area (Å²) in [7, 11) is 0. The fourth-order valence-corrected chi connectivity index (χ4v) is 3.64. The molecule has 0 saturated carbocycles. The molecule has 1 aliphatic heterocycles. The number of benzene rings is 1. The molecule has 2 unspecified atom stereocenters. The molecule has 146 valence electrons. The summed E-state index contributed by atoms with van der Waals surface area (Å²) in [5.74, 6) is 0.119. The van der Waals surface area contributed by atoms with Gasteiger partial charge in [-0.25, -0.2) is 0 Å². The predicted octanol–water partition coefficient (Wildman–Crippen LogP) is 2.69. The van der Waals surface area contributed by atoms with Crippen molar-refractivity contribution in [2.75, 3.05) is 13.1 Å². The molecule has 0 aromatic heterocycles. The zero-order valence-electron chi connectivity index (χ0n) is 16.0. The molecule has 5 nitrogen and oxygen atoms in total. The molecule has 1 aromatic carbocycles. The summed E-state index contributed by atoms with van der Waals surface area (Å²) in [4.78, 5) is 26.6. The number of carbonyl (C=O) groups excluding carboxylic acids is 2. The maximum Gasteiger partial charge on any atom is 0.242 e. The fraction of sp³-hybridized carbons (Fsp3) is 0.600. The molecule has 0 spiro atoms. The van der Waals surface area contributed by atoms with Crippen LogP contribution in [0.25, 0.3) is 0 Å². The summed E-state index contributed by atoms with van der Waals surface area (Å²) < 4.78 is 0. The minimum atomic E-state index is -0.574. The number of amides is 2. The van der Waals surface area contributed by atoms with E-state index < -0.39 is 6.04 Å². The van der Waals surface area contributed by atoms with Gasteiger partial charge in [0.2, 0.25) is 11.8 Å². The highest BCUT2D eigenvalue weighted by Crippen LogP contribution is 2.33. The molecule has 1 heterocycles. The number of carbonyl (C=O) groups is 2. The van der Waals surface area contributed by atoms with Gasteiger partial charge in [-0.15, -0.1) is 12.4 Å². The van der Waals surface area contributed by atoms with Crippen LogP contribution in [0.4, 0.5) is 0 Å². The molecule has 3 atom stereocenters. The highest BCUT2D eigenvalue weighted by atomic mass is 35.5. The number of nitrogens with zero attached hydrogens (tertiary/aromatic N) is 1. The first-order chi connectivity index (χ1) is 12.0. The first-order valence-corrected chi connectivity index (χ1v) is 9.33. The van der Waals surface area contributed by atoms with Gasteiger partial charge in [-0.3, -0.25) is 9.59 Å². The maximum atomic E-state index is 12.7. The van der Waals surface area contributed by atoms with Crippen LogP contribution in [-0.2, 0) is 9.59 Å². The number of halogens is 1. The highest BCUT2D eigenvalue weighted by Gasteiger charge is 2.34. The van der Waals surface area contributed by atoms with Crippen LogP contribution in [0, 0.1) is 5.92 Å². The summed E-state index contributed by atoms with van der Waals surface area (Å²) in [5.41, 5.74) is 7.11.